The number of fused-ring (bicyclic) bond motifs is 1. The molecule has 0 aliphatic carbocycles. The van der Waals surface area contributed by atoms with Crippen molar-refractivity contribution in [3.05, 3.63) is 24.4 Å². The van der Waals surface area contributed by atoms with E-state index in [0.717, 1.165) is 0 Å². The quantitative estimate of drug-likeness (QED) is 0.797. The molecule has 8 heteroatoms. The van der Waals surface area contributed by atoms with Crippen molar-refractivity contribution in [2.45, 2.75) is 5.03 Å². The molecular weight excluding hydrogens is 278 g/mol. The summed E-state index contributed by atoms with van der Waals surface area (Å²) in [6, 6.07) is 5.35. The highest BCUT2D eigenvalue weighted by Gasteiger charge is 2.24. The Hall–Kier alpha value is -1.64. The Bertz CT molecular complexity index is 693. The van der Waals surface area contributed by atoms with Gasteiger partial charge in [-0.15, -0.1) is 0 Å². The van der Waals surface area contributed by atoms with Crippen LogP contribution in [0, 0.1) is 0 Å². The van der Waals surface area contributed by atoms with Gasteiger partial charge in [0.1, 0.15) is 5.65 Å². The minimum Gasteiger partial charge on any atom is -0.371 e. The average Bonchev–Trinajstić information content (AvgIpc) is 2.77. The highest BCUT2D eigenvalue weighted by Crippen LogP contribution is 2.21. The van der Waals surface area contributed by atoms with Crippen molar-refractivity contribution >= 4 is 21.5 Å². The number of hydrogen-bond acceptors (Lipinski definition) is 5. The second-order valence-electron chi connectivity index (χ2n) is 4.65. The number of sulfonamides is 1. The maximum atomic E-state index is 12.4. The number of anilines is 1. The molecule has 0 saturated carbocycles. The molecule has 0 unspecified atom stereocenters. The number of aromatic nitrogens is 2. The van der Waals surface area contributed by atoms with Crippen molar-refractivity contribution in [1.82, 2.24) is 19.0 Å². The Balaban J connectivity index is 2.40. The SMILES string of the molecule is CNc1nc2ccccn2c1S(=O)(=O)NCCN(C)C. The molecule has 20 heavy (non-hydrogen) atoms. The molecule has 2 heterocycles. The second kappa shape index (κ2) is 5.78. The van der Waals surface area contributed by atoms with E-state index >= 15 is 0 Å². The number of likely N-dealkylation sites (N-methyl/N-ethyl adjacent to an activating group) is 1. The Kier molecular flexibility index (Phi) is 4.26. The summed E-state index contributed by atoms with van der Waals surface area (Å²) in [7, 11) is 1.81. The van der Waals surface area contributed by atoms with Gasteiger partial charge >= 0.3 is 0 Å². The van der Waals surface area contributed by atoms with Gasteiger partial charge in [-0.25, -0.2) is 18.1 Å². The predicted octanol–water partition coefficient (Wildman–Crippen LogP) is 0.216. The Morgan fingerprint density at radius 2 is 2.10 bits per heavy atom. The zero-order valence-electron chi connectivity index (χ0n) is 11.8. The smallest absolute Gasteiger partial charge is 0.260 e. The molecule has 7 nitrogen and oxygen atoms in total. The summed E-state index contributed by atoms with van der Waals surface area (Å²) in [5.74, 6) is 0.341. The fourth-order valence-electron chi connectivity index (χ4n) is 1.86. The van der Waals surface area contributed by atoms with Crippen LogP contribution in [0.2, 0.25) is 0 Å². The van der Waals surface area contributed by atoms with E-state index in [2.05, 4.69) is 15.0 Å². The maximum Gasteiger partial charge on any atom is 0.260 e. The van der Waals surface area contributed by atoms with Crippen LogP contribution in [0.1, 0.15) is 0 Å². The van der Waals surface area contributed by atoms with Crippen molar-refractivity contribution in [1.29, 1.82) is 0 Å². The third-order valence-electron chi connectivity index (χ3n) is 2.83. The molecule has 0 saturated heterocycles. The van der Waals surface area contributed by atoms with Gasteiger partial charge in [0.25, 0.3) is 10.0 Å². The van der Waals surface area contributed by atoms with Crippen molar-refractivity contribution in [2.24, 2.45) is 0 Å². The van der Waals surface area contributed by atoms with Crippen molar-refractivity contribution < 1.29 is 8.42 Å². The Morgan fingerprint density at radius 3 is 2.75 bits per heavy atom. The number of hydrogen-bond donors (Lipinski definition) is 2. The molecule has 0 aliphatic heterocycles. The largest absolute Gasteiger partial charge is 0.371 e. The first-order chi connectivity index (χ1) is 9.45. The van der Waals surface area contributed by atoms with E-state index in [1.165, 1.54) is 0 Å². The molecule has 2 N–H and O–H groups in total. The molecule has 0 spiro atoms. The maximum absolute atomic E-state index is 12.4. The van der Waals surface area contributed by atoms with Gasteiger partial charge in [0.2, 0.25) is 0 Å². The second-order valence-corrected chi connectivity index (χ2v) is 6.33. The number of rotatable bonds is 6. The minimum atomic E-state index is -3.62. The molecular formula is C12H19N5O2S. The minimum absolute atomic E-state index is 0.134. The van der Waals surface area contributed by atoms with Gasteiger partial charge in [0.15, 0.2) is 10.8 Å². The van der Waals surface area contributed by atoms with Crippen molar-refractivity contribution in [3.63, 3.8) is 0 Å². The summed E-state index contributed by atoms with van der Waals surface area (Å²) in [6.07, 6.45) is 1.68. The third-order valence-corrected chi connectivity index (χ3v) is 4.31. The third kappa shape index (κ3) is 2.92. The van der Waals surface area contributed by atoms with Crippen LogP contribution in [0.25, 0.3) is 5.65 Å². The van der Waals surface area contributed by atoms with Crippen LogP contribution >= 0.6 is 0 Å². The Labute approximate surface area is 118 Å². The van der Waals surface area contributed by atoms with E-state index < -0.39 is 10.0 Å². The van der Waals surface area contributed by atoms with Crippen molar-refractivity contribution in [2.75, 3.05) is 39.5 Å². The summed E-state index contributed by atoms with van der Waals surface area (Å²) in [4.78, 5) is 6.18. The summed E-state index contributed by atoms with van der Waals surface area (Å²) >= 11 is 0. The number of pyridine rings is 1. The molecule has 110 valence electrons. The summed E-state index contributed by atoms with van der Waals surface area (Å²) in [5, 5.41) is 2.96. The summed E-state index contributed by atoms with van der Waals surface area (Å²) in [6.45, 7) is 0.976. The number of nitrogens with zero attached hydrogens (tertiary/aromatic N) is 3. The number of imidazole rings is 1. The van der Waals surface area contributed by atoms with Gasteiger partial charge in [-0.2, -0.15) is 0 Å². The fourth-order valence-corrected chi connectivity index (χ4v) is 3.18. The van der Waals surface area contributed by atoms with Gasteiger partial charge < -0.3 is 10.2 Å². The molecule has 0 bridgehead atoms. The van der Waals surface area contributed by atoms with E-state index in [-0.39, 0.29) is 5.03 Å². The molecule has 2 aromatic heterocycles. The fraction of sp³-hybridized carbons (Fsp3) is 0.417. The molecule has 0 radical (unpaired) electrons. The van der Waals surface area contributed by atoms with Crippen LogP contribution in [-0.2, 0) is 10.0 Å². The highest BCUT2D eigenvalue weighted by atomic mass is 32.2. The lowest BCUT2D eigenvalue weighted by Crippen LogP contribution is -2.32. The van der Waals surface area contributed by atoms with Gasteiger partial charge in [-0.3, -0.25) is 4.40 Å². The zero-order chi connectivity index (χ0) is 14.8. The Morgan fingerprint density at radius 1 is 1.35 bits per heavy atom. The van der Waals surface area contributed by atoms with E-state index in [4.69, 9.17) is 0 Å². The molecule has 0 aliphatic rings. The standard InChI is InChI=1S/C12H19N5O2S/c1-13-11-12(17-8-5-4-6-10(17)15-11)20(18,19)14-7-9-16(2)3/h4-6,8,13-14H,7,9H2,1-3H3. The van der Waals surface area contributed by atoms with E-state index in [1.807, 2.05) is 25.1 Å². The van der Waals surface area contributed by atoms with E-state index in [1.54, 1.807) is 29.8 Å². The first-order valence-corrected chi connectivity index (χ1v) is 7.73. The van der Waals surface area contributed by atoms with Gasteiger partial charge in [-0.1, -0.05) is 6.07 Å². The molecule has 0 atom stereocenters. The molecule has 2 rings (SSSR count). The monoisotopic (exact) mass is 297 g/mol. The van der Waals surface area contributed by atoms with Gasteiger partial charge in [-0.05, 0) is 26.2 Å². The van der Waals surface area contributed by atoms with E-state index in [9.17, 15) is 8.42 Å². The van der Waals surface area contributed by atoms with Gasteiger partial charge in [0.05, 0.1) is 0 Å². The first kappa shape index (κ1) is 14.8. The van der Waals surface area contributed by atoms with Crippen LogP contribution < -0.4 is 10.0 Å². The number of nitrogens with one attached hydrogen (secondary N) is 2. The van der Waals surface area contributed by atoms with Crippen LogP contribution in [0.5, 0.6) is 0 Å². The lowest BCUT2D eigenvalue weighted by Gasteiger charge is -2.11. The molecule has 0 aromatic carbocycles. The summed E-state index contributed by atoms with van der Waals surface area (Å²) < 4.78 is 29.0. The van der Waals surface area contributed by atoms with Gasteiger partial charge in [0, 0.05) is 26.3 Å². The first-order valence-electron chi connectivity index (χ1n) is 6.25. The zero-order valence-corrected chi connectivity index (χ0v) is 12.6. The lowest BCUT2D eigenvalue weighted by molar-refractivity contribution is 0.412. The van der Waals surface area contributed by atoms with Crippen LogP contribution in [0.4, 0.5) is 5.82 Å². The van der Waals surface area contributed by atoms with Crippen LogP contribution in [-0.4, -0.2) is 56.9 Å². The van der Waals surface area contributed by atoms with Crippen molar-refractivity contribution in [3.8, 4) is 0 Å². The molecule has 0 amide bonds. The summed E-state index contributed by atoms with van der Waals surface area (Å²) in [5.41, 5.74) is 0.588. The predicted molar refractivity (Wildman–Crippen MR) is 78.5 cm³/mol. The van der Waals surface area contributed by atoms with Crippen LogP contribution in [0.15, 0.2) is 29.4 Å². The van der Waals surface area contributed by atoms with Crippen LogP contribution in [0.3, 0.4) is 0 Å². The normalized spacial score (nSPS) is 12.2. The average molecular weight is 297 g/mol. The highest BCUT2D eigenvalue weighted by molar-refractivity contribution is 7.89. The lowest BCUT2D eigenvalue weighted by atomic mass is 10.5. The topological polar surface area (TPSA) is 78.7 Å². The van der Waals surface area contributed by atoms with E-state index in [0.29, 0.717) is 24.6 Å². The molecule has 0 fully saturated rings. The molecule has 2 aromatic rings.